The van der Waals surface area contributed by atoms with Crippen molar-refractivity contribution in [1.29, 1.82) is 0 Å². The Morgan fingerprint density at radius 2 is 2.36 bits per heavy atom. The minimum Gasteiger partial charge on any atom is -0.145 e. The summed E-state index contributed by atoms with van der Waals surface area (Å²) < 4.78 is 0. The number of hydrogen-bond donors (Lipinski definition) is 0. The molecule has 1 aliphatic carbocycles. The van der Waals surface area contributed by atoms with Crippen LogP contribution in [0.3, 0.4) is 0 Å². The second-order valence-corrected chi connectivity index (χ2v) is 4.70. The van der Waals surface area contributed by atoms with Crippen LogP contribution < -0.4 is 0 Å². The Bertz CT molecular complexity index is 145. The fourth-order valence-electron chi connectivity index (χ4n) is 1.70. The first-order valence-corrected chi connectivity index (χ1v) is 5.43. The van der Waals surface area contributed by atoms with Gasteiger partial charge in [-0.15, -0.1) is 18.2 Å². The number of thioether (sulfide) groups is 1. The van der Waals surface area contributed by atoms with Gasteiger partial charge < -0.3 is 0 Å². The van der Waals surface area contributed by atoms with E-state index in [2.05, 4.69) is 12.8 Å². The van der Waals surface area contributed by atoms with Crippen LogP contribution >= 0.6 is 11.8 Å². The molecule has 0 aromatic carbocycles. The molecule has 0 aromatic rings. The summed E-state index contributed by atoms with van der Waals surface area (Å²) in [4.78, 5) is 0. The summed E-state index contributed by atoms with van der Waals surface area (Å²) in [7, 11) is 0. The molecule has 11 heavy (non-hydrogen) atoms. The summed E-state index contributed by atoms with van der Waals surface area (Å²) in [5, 5.41) is 0.856. The molecular weight excluding hydrogens is 152 g/mol. The van der Waals surface area contributed by atoms with Crippen LogP contribution in [0.2, 0.25) is 0 Å². The quantitative estimate of drug-likeness (QED) is 0.571. The molecule has 0 heterocycles. The van der Waals surface area contributed by atoms with E-state index in [9.17, 15) is 0 Å². The lowest BCUT2D eigenvalue weighted by molar-refractivity contribution is 0.394. The molecule has 1 heteroatoms. The van der Waals surface area contributed by atoms with Crippen molar-refractivity contribution < 1.29 is 0 Å². The van der Waals surface area contributed by atoms with E-state index < -0.39 is 0 Å². The molecule has 62 valence electrons. The molecule has 0 nitrogen and oxygen atoms in total. The summed E-state index contributed by atoms with van der Waals surface area (Å²) >= 11 is 1.96. The van der Waals surface area contributed by atoms with Crippen LogP contribution in [0.5, 0.6) is 0 Å². The molecule has 0 amide bonds. The average molecular weight is 168 g/mol. The van der Waals surface area contributed by atoms with Gasteiger partial charge in [-0.1, -0.05) is 25.7 Å². The molecule has 0 spiro atoms. The molecule has 1 saturated carbocycles. The third-order valence-corrected chi connectivity index (χ3v) is 3.52. The maximum Gasteiger partial charge on any atom is 0.0547 e. The summed E-state index contributed by atoms with van der Waals surface area (Å²) in [6, 6.07) is 0. The average Bonchev–Trinajstić information content (AvgIpc) is 2.01. The Hall–Kier alpha value is -0.0900. The Labute approximate surface area is 74.1 Å². The second-order valence-electron chi connectivity index (χ2n) is 3.41. The zero-order chi connectivity index (χ0) is 8.10. The second kappa shape index (κ2) is 4.72. The first kappa shape index (κ1) is 9.00. The highest BCUT2D eigenvalue weighted by Gasteiger charge is 2.18. The maximum absolute atomic E-state index is 5.21. The predicted molar refractivity (Wildman–Crippen MR) is 52.7 cm³/mol. The zero-order valence-electron chi connectivity index (χ0n) is 7.18. The van der Waals surface area contributed by atoms with Crippen molar-refractivity contribution in [2.75, 3.05) is 5.75 Å². The van der Waals surface area contributed by atoms with Gasteiger partial charge in [-0.3, -0.25) is 0 Å². The molecule has 0 aromatic heterocycles. The van der Waals surface area contributed by atoms with E-state index in [-0.39, 0.29) is 0 Å². The fraction of sp³-hybridized carbons (Fsp3) is 0.800. The van der Waals surface area contributed by atoms with Gasteiger partial charge in [0.1, 0.15) is 0 Å². The smallest absolute Gasteiger partial charge is 0.0547 e. The Balaban J connectivity index is 2.18. The van der Waals surface area contributed by atoms with Gasteiger partial charge in [-0.2, -0.15) is 0 Å². The van der Waals surface area contributed by atoms with Crippen LogP contribution in [0, 0.1) is 18.3 Å². The molecule has 1 aliphatic rings. The lowest BCUT2D eigenvalue weighted by Crippen LogP contribution is -2.15. The Kier molecular flexibility index (Phi) is 3.86. The van der Waals surface area contributed by atoms with Gasteiger partial charge in [-0.05, 0) is 18.8 Å². The van der Waals surface area contributed by atoms with E-state index in [1.54, 1.807) is 0 Å². The van der Waals surface area contributed by atoms with Crippen molar-refractivity contribution in [2.45, 2.75) is 37.9 Å². The van der Waals surface area contributed by atoms with Gasteiger partial charge in [0.25, 0.3) is 0 Å². The van der Waals surface area contributed by atoms with Gasteiger partial charge in [0.2, 0.25) is 0 Å². The molecule has 2 atom stereocenters. The standard InChI is InChI=1S/C10H16S/c1-3-7-11-10-6-4-5-9(2)8-10/h1,9-10H,4-8H2,2H3. The third kappa shape index (κ3) is 3.20. The predicted octanol–water partition coefficient (Wildman–Crippen LogP) is 2.93. The minimum atomic E-state index is 0.856. The van der Waals surface area contributed by atoms with Crippen molar-refractivity contribution >= 4 is 11.8 Å². The number of hydrogen-bond acceptors (Lipinski definition) is 1. The van der Waals surface area contributed by atoms with E-state index in [1.165, 1.54) is 25.7 Å². The van der Waals surface area contributed by atoms with E-state index >= 15 is 0 Å². The highest BCUT2D eigenvalue weighted by Crippen LogP contribution is 2.31. The summed E-state index contributed by atoms with van der Waals surface area (Å²) in [6.07, 6.45) is 10.8. The Morgan fingerprint density at radius 1 is 1.55 bits per heavy atom. The van der Waals surface area contributed by atoms with Crippen LogP contribution in [0.25, 0.3) is 0 Å². The zero-order valence-corrected chi connectivity index (χ0v) is 7.99. The number of rotatable bonds is 2. The normalized spacial score (nSPS) is 31.3. The summed E-state index contributed by atoms with van der Waals surface area (Å²) in [6.45, 7) is 2.35. The highest BCUT2D eigenvalue weighted by molar-refractivity contribution is 8.00. The molecule has 2 unspecified atom stereocenters. The first-order valence-electron chi connectivity index (χ1n) is 4.38. The molecule has 0 saturated heterocycles. The van der Waals surface area contributed by atoms with E-state index in [0.717, 1.165) is 16.9 Å². The van der Waals surface area contributed by atoms with E-state index in [1.807, 2.05) is 11.8 Å². The summed E-state index contributed by atoms with van der Waals surface area (Å²) in [5.41, 5.74) is 0. The van der Waals surface area contributed by atoms with Crippen molar-refractivity contribution in [3.8, 4) is 12.3 Å². The van der Waals surface area contributed by atoms with E-state index in [4.69, 9.17) is 6.42 Å². The van der Waals surface area contributed by atoms with Crippen molar-refractivity contribution in [3.05, 3.63) is 0 Å². The topological polar surface area (TPSA) is 0 Å². The third-order valence-electron chi connectivity index (χ3n) is 2.29. The van der Waals surface area contributed by atoms with E-state index in [0.29, 0.717) is 0 Å². The largest absolute Gasteiger partial charge is 0.145 e. The SMILES string of the molecule is C#CCSC1CCCC(C)C1. The molecule has 1 rings (SSSR count). The molecule has 0 aliphatic heterocycles. The van der Waals surface area contributed by atoms with Gasteiger partial charge in [0.15, 0.2) is 0 Å². The van der Waals surface area contributed by atoms with Crippen LogP contribution in [0.1, 0.15) is 32.6 Å². The highest BCUT2D eigenvalue weighted by atomic mass is 32.2. The molecule has 0 radical (unpaired) electrons. The van der Waals surface area contributed by atoms with Gasteiger partial charge >= 0.3 is 0 Å². The van der Waals surface area contributed by atoms with Crippen molar-refractivity contribution in [1.82, 2.24) is 0 Å². The van der Waals surface area contributed by atoms with Gasteiger partial charge in [-0.25, -0.2) is 0 Å². The molecular formula is C10H16S. The fourth-order valence-corrected chi connectivity index (χ4v) is 2.83. The van der Waals surface area contributed by atoms with Crippen molar-refractivity contribution in [3.63, 3.8) is 0 Å². The molecule has 1 fully saturated rings. The van der Waals surface area contributed by atoms with Crippen LogP contribution in [-0.2, 0) is 0 Å². The summed E-state index contributed by atoms with van der Waals surface area (Å²) in [5.74, 6) is 4.52. The van der Waals surface area contributed by atoms with Crippen LogP contribution in [0.4, 0.5) is 0 Å². The maximum atomic E-state index is 5.21. The minimum absolute atomic E-state index is 0.856. The lowest BCUT2D eigenvalue weighted by Gasteiger charge is -2.25. The van der Waals surface area contributed by atoms with Gasteiger partial charge in [0, 0.05) is 5.25 Å². The number of terminal acetylenes is 1. The first-order chi connectivity index (χ1) is 5.33. The lowest BCUT2D eigenvalue weighted by atomic mass is 9.91. The molecule has 0 bridgehead atoms. The molecule has 0 N–H and O–H groups in total. The van der Waals surface area contributed by atoms with Crippen molar-refractivity contribution in [2.24, 2.45) is 5.92 Å². The van der Waals surface area contributed by atoms with Crippen LogP contribution in [-0.4, -0.2) is 11.0 Å². The van der Waals surface area contributed by atoms with Gasteiger partial charge in [0.05, 0.1) is 5.75 Å². The monoisotopic (exact) mass is 168 g/mol. The Morgan fingerprint density at radius 3 is 3.00 bits per heavy atom. The van der Waals surface area contributed by atoms with Crippen LogP contribution in [0.15, 0.2) is 0 Å².